The monoisotopic (exact) mass is 574 g/mol. The summed E-state index contributed by atoms with van der Waals surface area (Å²) in [5.74, 6) is 2.13. The van der Waals surface area contributed by atoms with Crippen LogP contribution in [0.25, 0.3) is 0 Å². The second kappa shape index (κ2) is 28.0. The number of aryl methyl sites for hydroxylation is 1. The van der Waals surface area contributed by atoms with Gasteiger partial charge in [-0.15, -0.1) is 0 Å². The molecule has 1 aromatic heterocycles. The van der Waals surface area contributed by atoms with Crippen LogP contribution in [0.1, 0.15) is 232 Å². The normalized spacial score (nSPS) is 12.5. The number of unbranched alkanes of at least 4 members (excludes halogenated alkanes) is 25. The summed E-state index contributed by atoms with van der Waals surface area (Å²) in [7, 11) is 0. The zero-order valence-corrected chi connectivity index (χ0v) is 29.2. The predicted octanol–water partition coefficient (Wildman–Crippen LogP) is 13.4. The molecule has 1 atom stereocenters. The Balaban J connectivity index is 2.10. The van der Waals surface area contributed by atoms with Gasteiger partial charge in [0.2, 0.25) is 0 Å². The van der Waals surface area contributed by atoms with Crippen LogP contribution in [0.3, 0.4) is 0 Å². The second-order valence-corrected chi connectivity index (χ2v) is 13.9. The molecular formula is C39H77N2+. The van der Waals surface area contributed by atoms with E-state index in [9.17, 15) is 0 Å². The molecule has 1 heterocycles. The fourth-order valence-electron chi connectivity index (χ4n) is 6.72. The zero-order chi connectivity index (χ0) is 29.8. The first-order valence-electron chi connectivity index (χ1n) is 19.2. The average Bonchev–Trinajstić information content (AvgIpc) is 3.40. The van der Waals surface area contributed by atoms with Gasteiger partial charge in [0.05, 0.1) is 18.5 Å². The Bertz CT molecular complexity index is 661. The van der Waals surface area contributed by atoms with Crippen molar-refractivity contribution in [3.8, 4) is 0 Å². The molecule has 0 saturated heterocycles. The number of imidazole rings is 1. The van der Waals surface area contributed by atoms with Crippen molar-refractivity contribution in [3.63, 3.8) is 0 Å². The number of hydrogen-bond donors (Lipinski definition) is 0. The number of rotatable bonds is 31. The van der Waals surface area contributed by atoms with Crippen LogP contribution in [-0.2, 0) is 6.54 Å². The van der Waals surface area contributed by atoms with Crippen LogP contribution in [-0.4, -0.2) is 4.57 Å². The number of hydrogen-bond acceptors (Lipinski definition) is 0. The van der Waals surface area contributed by atoms with Crippen molar-refractivity contribution in [2.24, 2.45) is 0 Å². The third kappa shape index (κ3) is 20.7. The summed E-state index contributed by atoms with van der Waals surface area (Å²) in [5.41, 5.74) is 0. The molecule has 0 aromatic carbocycles. The number of nitrogens with zero attached hydrogens (tertiary/aromatic N) is 2. The van der Waals surface area contributed by atoms with Crippen LogP contribution in [0.5, 0.6) is 0 Å². The van der Waals surface area contributed by atoms with E-state index in [1.54, 1.807) is 5.82 Å². The molecule has 0 radical (unpaired) electrons. The molecule has 0 bridgehead atoms. The van der Waals surface area contributed by atoms with Gasteiger partial charge in [0.25, 0.3) is 5.82 Å². The lowest BCUT2D eigenvalue weighted by Crippen LogP contribution is -2.41. The van der Waals surface area contributed by atoms with Crippen molar-refractivity contribution >= 4 is 0 Å². The van der Waals surface area contributed by atoms with Gasteiger partial charge in [-0.1, -0.05) is 182 Å². The number of aromatic nitrogens is 2. The van der Waals surface area contributed by atoms with Gasteiger partial charge >= 0.3 is 0 Å². The fourth-order valence-corrected chi connectivity index (χ4v) is 6.72. The van der Waals surface area contributed by atoms with Gasteiger partial charge in [-0.2, -0.15) is 0 Å². The van der Waals surface area contributed by atoms with Gasteiger partial charge in [0, 0.05) is 0 Å². The second-order valence-electron chi connectivity index (χ2n) is 13.9. The third-order valence-corrected chi connectivity index (χ3v) is 9.44. The molecule has 1 unspecified atom stereocenters. The highest BCUT2D eigenvalue weighted by molar-refractivity contribution is 4.90. The molecule has 242 valence electrons. The summed E-state index contributed by atoms with van der Waals surface area (Å²) in [6.07, 6.45) is 44.9. The average molecular weight is 574 g/mol. The van der Waals surface area contributed by atoms with Crippen molar-refractivity contribution in [2.45, 2.75) is 233 Å². The Kier molecular flexibility index (Phi) is 26.1. The summed E-state index contributed by atoms with van der Waals surface area (Å²) in [4.78, 5) is 0. The van der Waals surface area contributed by atoms with Gasteiger partial charge in [-0.3, -0.25) is 0 Å². The molecular weight excluding hydrogens is 496 g/mol. The lowest BCUT2D eigenvalue weighted by atomic mass is 10.0. The van der Waals surface area contributed by atoms with E-state index in [1.807, 2.05) is 0 Å². The molecule has 1 aromatic rings. The van der Waals surface area contributed by atoms with Crippen LogP contribution in [0.4, 0.5) is 0 Å². The third-order valence-electron chi connectivity index (χ3n) is 9.44. The van der Waals surface area contributed by atoms with E-state index in [4.69, 9.17) is 0 Å². The molecule has 0 amide bonds. The summed E-state index contributed by atoms with van der Waals surface area (Å²) in [6, 6.07) is 0.623. The Labute approximate surface area is 259 Å². The first-order chi connectivity index (χ1) is 20.1. The smallest absolute Gasteiger partial charge is 0.234 e. The van der Waals surface area contributed by atoms with E-state index in [0.29, 0.717) is 12.0 Å². The van der Waals surface area contributed by atoms with Gasteiger partial charge in [0.1, 0.15) is 12.4 Å². The largest absolute Gasteiger partial charge is 0.259 e. The van der Waals surface area contributed by atoms with Crippen LogP contribution in [0.15, 0.2) is 12.4 Å². The molecule has 0 saturated carbocycles. The highest BCUT2D eigenvalue weighted by atomic mass is 15.2. The van der Waals surface area contributed by atoms with E-state index in [1.165, 1.54) is 186 Å². The van der Waals surface area contributed by atoms with E-state index in [2.05, 4.69) is 56.1 Å². The topological polar surface area (TPSA) is 8.81 Å². The van der Waals surface area contributed by atoms with Crippen molar-refractivity contribution in [3.05, 3.63) is 18.2 Å². The molecule has 0 aliphatic heterocycles. The van der Waals surface area contributed by atoms with Crippen LogP contribution in [0.2, 0.25) is 0 Å². The Morgan fingerprint density at radius 2 is 0.829 bits per heavy atom. The molecule has 41 heavy (non-hydrogen) atoms. The summed E-state index contributed by atoms with van der Waals surface area (Å²) in [6.45, 7) is 13.0. The molecule has 1 rings (SSSR count). The Morgan fingerprint density at radius 1 is 0.488 bits per heavy atom. The SMILES string of the molecule is CCCCCCCCCCCCCCCCn1cc[n+](C(C)CCCCCCCCCCCCCCC)c1C(C)C. The standard InChI is InChI=1S/C39H77N2/c1-6-8-10-12-14-16-18-20-22-24-26-28-30-32-34-40-35-36-41(39(40)37(3)4)38(5)33-31-29-27-25-23-21-19-17-15-13-11-9-7-2/h35-38H,6-34H2,1-5H3/q+1. The van der Waals surface area contributed by atoms with Gasteiger partial charge < -0.3 is 0 Å². The first kappa shape index (κ1) is 38.2. The fraction of sp³-hybridized carbons (Fsp3) is 0.923. The predicted molar refractivity (Wildman–Crippen MR) is 184 cm³/mol. The molecule has 2 nitrogen and oxygen atoms in total. The summed E-state index contributed by atoms with van der Waals surface area (Å²) >= 11 is 0. The molecule has 0 aliphatic rings. The van der Waals surface area contributed by atoms with Gasteiger partial charge in [-0.25, -0.2) is 9.13 Å². The Morgan fingerprint density at radius 3 is 1.20 bits per heavy atom. The molecule has 2 heteroatoms. The van der Waals surface area contributed by atoms with Gasteiger partial charge in [-0.05, 0) is 32.6 Å². The lowest BCUT2D eigenvalue weighted by molar-refractivity contribution is -0.727. The van der Waals surface area contributed by atoms with Crippen LogP contribution < -0.4 is 4.57 Å². The maximum absolute atomic E-state index is 2.61. The molecule has 0 N–H and O–H groups in total. The zero-order valence-electron chi connectivity index (χ0n) is 29.2. The quantitative estimate of drug-likeness (QED) is 0.0617. The first-order valence-corrected chi connectivity index (χ1v) is 19.2. The Hall–Kier alpha value is -0.790. The highest BCUT2D eigenvalue weighted by Gasteiger charge is 2.23. The molecule has 0 spiro atoms. The molecule has 0 aliphatic carbocycles. The van der Waals surface area contributed by atoms with Crippen molar-refractivity contribution in [2.75, 3.05) is 0 Å². The van der Waals surface area contributed by atoms with Crippen molar-refractivity contribution < 1.29 is 4.57 Å². The van der Waals surface area contributed by atoms with E-state index in [0.717, 1.165) is 0 Å². The highest BCUT2D eigenvalue weighted by Crippen LogP contribution is 2.19. The van der Waals surface area contributed by atoms with Crippen LogP contribution >= 0.6 is 0 Å². The molecule has 0 fully saturated rings. The summed E-state index contributed by atoms with van der Waals surface area (Å²) in [5, 5.41) is 0. The minimum atomic E-state index is 0.589. The van der Waals surface area contributed by atoms with Crippen LogP contribution in [0, 0.1) is 0 Å². The van der Waals surface area contributed by atoms with E-state index in [-0.39, 0.29) is 0 Å². The van der Waals surface area contributed by atoms with Crippen molar-refractivity contribution in [1.82, 2.24) is 4.57 Å². The van der Waals surface area contributed by atoms with Gasteiger partial charge in [0.15, 0.2) is 0 Å². The minimum absolute atomic E-state index is 0.589. The maximum atomic E-state index is 2.61. The maximum Gasteiger partial charge on any atom is 0.259 e. The van der Waals surface area contributed by atoms with E-state index >= 15 is 0 Å². The summed E-state index contributed by atoms with van der Waals surface area (Å²) < 4.78 is 5.18. The van der Waals surface area contributed by atoms with Crippen molar-refractivity contribution in [1.29, 1.82) is 0 Å². The lowest BCUT2D eigenvalue weighted by Gasteiger charge is -2.14. The minimum Gasteiger partial charge on any atom is -0.234 e. The van der Waals surface area contributed by atoms with E-state index < -0.39 is 0 Å².